The van der Waals surface area contributed by atoms with Crippen molar-refractivity contribution in [1.82, 2.24) is 10.3 Å². The zero-order chi connectivity index (χ0) is 12.2. The van der Waals surface area contributed by atoms with Gasteiger partial charge in [0.05, 0.1) is 11.2 Å². The van der Waals surface area contributed by atoms with Crippen LogP contribution in [-0.2, 0) is 6.42 Å². The predicted octanol–water partition coefficient (Wildman–Crippen LogP) is 1.56. The summed E-state index contributed by atoms with van der Waals surface area (Å²) in [4.78, 5) is 16.6. The lowest BCUT2D eigenvalue weighted by Gasteiger charge is -2.18. The number of amides is 1. The summed E-state index contributed by atoms with van der Waals surface area (Å²) in [6.07, 6.45) is 3.61. The normalized spacial score (nSPS) is 11.5. The molecule has 5 heteroatoms. The van der Waals surface area contributed by atoms with Gasteiger partial charge in [-0.05, 0) is 26.7 Å². The molecule has 3 N–H and O–H groups in total. The lowest BCUT2D eigenvalue weighted by molar-refractivity contribution is 0.0950. The maximum atomic E-state index is 11.7. The van der Waals surface area contributed by atoms with Gasteiger partial charge in [0.2, 0.25) is 0 Å². The second kappa shape index (κ2) is 5.41. The largest absolute Gasteiger partial charge is 0.349 e. The van der Waals surface area contributed by atoms with Gasteiger partial charge >= 0.3 is 0 Å². The third-order valence-electron chi connectivity index (χ3n) is 1.95. The van der Waals surface area contributed by atoms with Gasteiger partial charge in [0, 0.05) is 12.1 Å². The van der Waals surface area contributed by atoms with Crippen LogP contribution in [0.2, 0.25) is 0 Å². The number of nitrogens with zero attached hydrogens (tertiary/aromatic N) is 1. The Hall–Kier alpha value is -0.940. The van der Waals surface area contributed by atoms with Crippen LogP contribution in [-0.4, -0.2) is 23.0 Å². The Labute approximate surface area is 100 Å². The minimum Gasteiger partial charge on any atom is -0.349 e. The van der Waals surface area contributed by atoms with E-state index in [2.05, 4.69) is 17.2 Å². The Morgan fingerprint density at radius 3 is 2.88 bits per heavy atom. The van der Waals surface area contributed by atoms with E-state index in [9.17, 15) is 4.79 Å². The highest BCUT2D eigenvalue weighted by Crippen LogP contribution is 2.14. The third kappa shape index (κ3) is 4.28. The van der Waals surface area contributed by atoms with Gasteiger partial charge in [-0.1, -0.05) is 6.92 Å². The predicted molar refractivity (Wildman–Crippen MR) is 66.7 cm³/mol. The number of aryl methyl sites for hydroxylation is 1. The minimum absolute atomic E-state index is 0.0848. The SMILES string of the molecule is CCCc1ncc(C(=O)NCC(C)(C)N)s1. The standard InChI is InChI=1S/C11H19N3OS/c1-4-5-9-13-6-8(16-9)10(15)14-7-11(2,3)12/h6H,4-5,7,12H2,1-3H3,(H,14,15). The molecule has 0 saturated heterocycles. The van der Waals surface area contributed by atoms with Crippen LogP contribution in [0.4, 0.5) is 0 Å². The van der Waals surface area contributed by atoms with Crippen LogP contribution in [0.5, 0.6) is 0 Å². The first-order valence-electron chi connectivity index (χ1n) is 5.44. The molecule has 4 nitrogen and oxygen atoms in total. The van der Waals surface area contributed by atoms with E-state index in [0.717, 1.165) is 17.8 Å². The number of carbonyl (C=O) groups is 1. The topological polar surface area (TPSA) is 68.0 Å². The van der Waals surface area contributed by atoms with E-state index in [-0.39, 0.29) is 11.4 Å². The summed E-state index contributed by atoms with van der Waals surface area (Å²) in [6.45, 7) is 6.32. The van der Waals surface area contributed by atoms with Crippen LogP contribution in [0.1, 0.15) is 41.9 Å². The summed E-state index contributed by atoms with van der Waals surface area (Å²) in [5.74, 6) is -0.0848. The van der Waals surface area contributed by atoms with Gasteiger partial charge in [0.25, 0.3) is 5.91 Å². The summed E-state index contributed by atoms with van der Waals surface area (Å²) < 4.78 is 0. The van der Waals surface area contributed by atoms with Crippen molar-refractivity contribution in [2.45, 2.75) is 39.2 Å². The third-order valence-corrected chi connectivity index (χ3v) is 3.00. The van der Waals surface area contributed by atoms with Crippen molar-refractivity contribution in [3.05, 3.63) is 16.1 Å². The van der Waals surface area contributed by atoms with Gasteiger partial charge in [-0.15, -0.1) is 11.3 Å². The first-order chi connectivity index (χ1) is 7.42. The van der Waals surface area contributed by atoms with Crippen molar-refractivity contribution in [3.63, 3.8) is 0 Å². The average Bonchev–Trinajstić information content (AvgIpc) is 2.62. The number of rotatable bonds is 5. The summed E-state index contributed by atoms with van der Waals surface area (Å²) in [6, 6.07) is 0. The van der Waals surface area contributed by atoms with Gasteiger partial charge in [-0.25, -0.2) is 4.98 Å². The van der Waals surface area contributed by atoms with Crippen molar-refractivity contribution in [3.8, 4) is 0 Å². The van der Waals surface area contributed by atoms with E-state index in [1.54, 1.807) is 6.20 Å². The molecule has 0 aliphatic rings. The Kier molecular flexibility index (Phi) is 4.44. The van der Waals surface area contributed by atoms with Gasteiger partial charge < -0.3 is 11.1 Å². The lowest BCUT2D eigenvalue weighted by atomic mass is 10.1. The van der Waals surface area contributed by atoms with Gasteiger partial charge in [0.15, 0.2) is 0 Å². The van der Waals surface area contributed by atoms with E-state index in [1.165, 1.54) is 11.3 Å². The summed E-state index contributed by atoms with van der Waals surface area (Å²) in [5.41, 5.74) is 5.41. The zero-order valence-electron chi connectivity index (χ0n) is 10.0. The molecule has 1 rings (SSSR count). The van der Waals surface area contributed by atoms with Crippen molar-refractivity contribution in [2.75, 3.05) is 6.54 Å². The molecule has 0 radical (unpaired) electrons. The molecule has 0 spiro atoms. The molecule has 1 aromatic rings. The molecule has 90 valence electrons. The Morgan fingerprint density at radius 2 is 2.31 bits per heavy atom. The molecule has 0 atom stereocenters. The molecule has 0 bridgehead atoms. The van der Waals surface area contributed by atoms with E-state index < -0.39 is 0 Å². The molecule has 0 aliphatic heterocycles. The zero-order valence-corrected chi connectivity index (χ0v) is 10.9. The number of hydrogen-bond donors (Lipinski definition) is 2. The fourth-order valence-electron chi connectivity index (χ4n) is 1.14. The molecule has 0 unspecified atom stereocenters. The molecule has 0 saturated carbocycles. The smallest absolute Gasteiger partial charge is 0.263 e. The second-order valence-electron chi connectivity index (χ2n) is 4.54. The van der Waals surface area contributed by atoms with E-state index in [4.69, 9.17) is 5.73 Å². The van der Waals surface area contributed by atoms with Crippen LogP contribution < -0.4 is 11.1 Å². The summed E-state index contributed by atoms with van der Waals surface area (Å²) in [5, 5.41) is 3.81. The van der Waals surface area contributed by atoms with Crippen molar-refractivity contribution >= 4 is 17.2 Å². The number of nitrogens with one attached hydrogen (secondary N) is 1. The second-order valence-corrected chi connectivity index (χ2v) is 5.65. The Morgan fingerprint density at radius 1 is 1.62 bits per heavy atom. The van der Waals surface area contributed by atoms with Crippen LogP contribution in [0.15, 0.2) is 6.20 Å². The number of thiazole rings is 1. The number of hydrogen-bond acceptors (Lipinski definition) is 4. The summed E-state index contributed by atoms with van der Waals surface area (Å²) in [7, 11) is 0. The number of aromatic nitrogens is 1. The van der Waals surface area contributed by atoms with Gasteiger partial charge in [-0.2, -0.15) is 0 Å². The fraction of sp³-hybridized carbons (Fsp3) is 0.636. The van der Waals surface area contributed by atoms with E-state index in [0.29, 0.717) is 11.4 Å². The van der Waals surface area contributed by atoms with Crippen molar-refractivity contribution in [1.29, 1.82) is 0 Å². The molecule has 0 aliphatic carbocycles. The number of nitrogens with two attached hydrogens (primary N) is 1. The molecular formula is C11H19N3OS. The lowest BCUT2D eigenvalue weighted by Crippen LogP contribution is -2.44. The quantitative estimate of drug-likeness (QED) is 0.822. The molecule has 16 heavy (non-hydrogen) atoms. The van der Waals surface area contributed by atoms with Gasteiger partial charge in [-0.3, -0.25) is 4.79 Å². The maximum Gasteiger partial charge on any atom is 0.263 e. The van der Waals surface area contributed by atoms with Gasteiger partial charge in [0.1, 0.15) is 4.88 Å². The van der Waals surface area contributed by atoms with E-state index in [1.807, 2.05) is 13.8 Å². The monoisotopic (exact) mass is 241 g/mol. The molecule has 1 heterocycles. The van der Waals surface area contributed by atoms with Crippen LogP contribution in [0.3, 0.4) is 0 Å². The summed E-state index contributed by atoms with van der Waals surface area (Å²) >= 11 is 1.45. The first kappa shape index (κ1) is 13.1. The van der Waals surface area contributed by atoms with Crippen molar-refractivity contribution < 1.29 is 4.79 Å². The molecule has 1 aromatic heterocycles. The molecular weight excluding hydrogens is 222 g/mol. The van der Waals surface area contributed by atoms with Crippen LogP contribution in [0.25, 0.3) is 0 Å². The first-order valence-corrected chi connectivity index (χ1v) is 6.26. The molecule has 1 amide bonds. The highest BCUT2D eigenvalue weighted by atomic mass is 32.1. The van der Waals surface area contributed by atoms with Crippen LogP contribution in [0, 0.1) is 0 Å². The highest BCUT2D eigenvalue weighted by Gasteiger charge is 2.15. The molecule has 0 fully saturated rings. The molecule has 0 aromatic carbocycles. The highest BCUT2D eigenvalue weighted by molar-refractivity contribution is 7.13. The Bertz CT molecular complexity index is 354. The van der Waals surface area contributed by atoms with Crippen molar-refractivity contribution in [2.24, 2.45) is 5.73 Å². The maximum absolute atomic E-state index is 11.7. The van der Waals surface area contributed by atoms with E-state index >= 15 is 0 Å². The fourth-order valence-corrected chi connectivity index (χ4v) is 2.08. The Balaban J connectivity index is 2.53. The number of carbonyl (C=O) groups excluding carboxylic acids is 1. The minimum atomic E-state index is -0.382. The average molecular weight is 241 g/mol. The van der Waals surface area contributed by atoms with Crippen LogP contribution >= 0.6 is 11.3 Å².